The number of halogens is 2. The number of likely N-dealkylation sites (tertiary alicyclic amines) is 2. The van der Waals surface area contributed by atoms with Gasteiger partial charge in [-0.3, -0.25) is 9.59 Å². The van der Waals surface area contributed by atoms with Crippen molar-refractivity contribution in [3.8, 4) is 0 Å². The molecule has 3 fully saturated rings. The van der Waals surface area contributed by atoms with E-state index < -0.39 is 33.5 Å². The number of amides is 1. The fraction of sp³-hybridized carbons (Fsp3) is 0.576. The van der Waals surface area contributed by atoms with E-state index in [1.807, 2.05) is 42.2 Å². The van der Waals surface area contributed by atoms with Crippen LogP contribution in [0.5, 0.6) is 0 Å². The van der Waals surface area contributed by atoms with Gasteiger partial charge in [-0.2, -0.15) is 0 Å². The van der Waals surface area contributed by atoms with Gasteiger partial charge < -0.3 is 14.9 Å². The van der Waals surface area contributed by atoms with Crippen molar-refractivity contribution in [1.82, 2.24) is 14.1 Å². The number of hydrogen-bond acceptors (Lipinski definition) is 5. The number of rotatable bonds is 13. The Balaban J connectivity index is 1.65. The van der Waals surface area contributed by atoms with Crippen LogP contribution in [0.2, 0.25) is 10.0 Å². The van der Waals surface area contributed by atoms with Crippen molar-refractivity contribution in [3.05, 3.63) is 69.7 Å². The summed E-state index contributed by atoms with van der Waals surface area (Å²) < 4.78 is 27.9. The third kappa shape index (κ3) is 7.12. The maximum absolute atomic E-state index is 15.1. The molecular weight excluding hydrogens is 621 g/mol. The lowest BCUT2D eigenvalue weighted by Crippen LogP contribution is -2.59. The molecule has 1 amide bonds. The van der Waals surface area contributed by atoms with Crippen LogP contribution >= 0.6 is 23.2 Å². The Kier molecular flexibility index (Phi) is 10.3. The predicted molar refractivity (Wildman–Crippen MR) is 173 cm³/mol. The summed E-state index contributed by atoms with van der Waals surface area (Å²) in [4.78, 5) is 31.8. The van der Waals surface area contributed by atoms with Crippen molar-refractivity contribution in [3.63, 3.8) is 0 Å². The number of carboxylic acids is 1. The molecule has 0 aromatic heterocycles. The number of hydrogen-bond donors (Lipinski definition) is 1. The van der Waals surface area contributed by atoms with Gasteiger partial charge in [-0.05, 0) is 100.0 Å². The molecule has 11 heteroatoms. The molecule has 2 aliphatic heterocycles. The molecular formula is C33H43Cl2N3O5S. The summed E-state index contributed by atoms with van der Waals surface area (Å²) in [5.74, 6) is -1.53. The van der Waals surface area contributed by atoms with Crippen LogP contribution in [0.3, 0.4) is 0 Å². The molecule has 4 atom stereocenters. The summed E-state index contributed by atoms with van der Waals surface area (Å²) >= 11 is 12.8. The van der Waals surface area contributed by atoms with E-state index in [0.717, 1.165) is 37.1 Å². The highest BCUT2D eigenvalue weighted by atomic mass is 35.5. The van der Waals surface area contributed by atoms with Crippen molar-refractivity contribution in [2.45, 2.75) is 81.5 Å². The topological polar surface area (TPSA) is 98.2 Å². The van der Waals surface area contributed by atoms with Crippen LogP contribution < -0.4 is 0 Å². The molecule has 2 aromatic rings. The third-order valence-corrected chi connectivity index (χ3v) is 12.6. The van der Waals surface area contributed by atoms with E-state index in [0.29, 0.717) is 48.7 Å². The zero-order chi connectivity index (χ0) is 31.6. The van der Waals surface area contributed by atoms with E-state index in [1.54, 1.807) is 25.2 Å². The second kappa shape index (κ2) is 13.7. The highest BCUT2D eigenvalue weighted by Crippen LogP contribution is 2.54. The third-order valence-electron chi connectivity index (χ3n) is 9.78. The minimum Gasteiger partial charge on any atom is -0.481 e. The Hall–Kier alpha value is -2.17. The van der Waals surface area contributed by atoms with Crippen LogP contribution in [0.15, 0.2) is 48.5 Å². The first kappa shape index (κ1) is 33.2. The predicted octanol–water partition coefficient (Wildman–Crippen LogP) is 6.20. The van der Waals surface area contributed by atoms with Crippen LogP contribution in [-0.4, -0.2) is 84.0 Å². The van der Waals surface area contributed by atoms with E-state index in [2.05, 4.69) is 4.90 Å². The van der Waals surface area contributed by atoms with E-state index in [9.17, 15) is 18.3 Å². The molecule has 0 unspecified atom stereocenters. The van der Waals surface area contributed by atoms with E-state index in [-0.39, 0.29) is 30.0 Å². The lowest BCUT2D eigenvalue weighted by molar-refractivity contribution is -0.163. The summed E-state index contributed by atoms with van der Waals surface area (Å²) in [6.45, 7) is 4.60. The van der Waals surface area contributed by atoms with Crippen LogP contribution in [0.4, 0.5) is 0 Å². The number of benzene rings is 2. The number of carbonyl (C=O) groups excluding carboxylic acids is 1. The highest BCUT2D eigenvalue weighted by molar-refractivity contribution is 7.90. The lowest BCUT2D eigenvalue weighted by atomic mass is 9.64. The normalized spacial score (nSPS) is 25.5. The smallest absolute Gasteiger partial charge is 0.304 e. The van der Waals surface area contributed by atoms with Crippen LogP contribution in [-0.2, 0) is 19.6 Å². The first-order valence-electron chi connectivity index (χ1n) is 15.7. The molecule has 0 spiro atoms. The molecule has 1 N–H and O–H groups in total. The van der Waals surface area contributed by atoms with Gasteiger partial charge in [-0.1, -0.05) is 54.4 Å². The van der Waals surface area contributed by atoms with Gasteiger partial charge in [0, 0.05) is 35.6 Å². The first-order chi connectivity index (χ1) is 20.9. The van der Waals surface area contributed by atoms with E-state index >= 15 is 4.79 Å². The van der Waals surface area contributed by atoms with Gasteiger partial charge in [0.05, 0.1) is 23.1 Å². The van der Waals surface area contributed by atoms with Crippen molar-refractivity contribution >= 4 is 45.1 Å². The maximum atomic E-state index is 15.1. The highest BCUT2D eigenvalue weighted by Gasteiger charge is 2.55. The van der Waals surface area contributed by atoms with Crippen molar-refractivity contribution in [1.29, 1.82) is 0 Å². The Labute approximate surface area is 271 Å². The molecule has 3 aliphatic rings. The molecule has 2 saturated heterocycles. The van der Waals surface area contributed by atoms with Crippen LogP contribution in [0, 0.1) is 5.41 Å². The number of likely N-dealkylation sites (N-methyl/N-ethyl adjacent to an activating group) is 1. The monoisotopic (exact) mass is 663 g/mol. The molecule has 2 heterocycles. The van der Waals surface area contributed by atoms with Crippen LogP contribution in [0.25, 0.3) is 0 Å². The van der Waals surface area contributed by atoms with Crippen molar-refractivity contribution in [2.75, 3.05) is 33.2 Å². The Morgan fingerprint density at radius 2 is 1.75 bits per heavy atom. The zero-order valence-corrected chi connectivity index (χ0v) is 27.8. The van der Waals surface area contributed by atoms with Gasteiger partial charge >= 0.3 is 5.97 Å². The summed E-state index contributed by atoms with van der Waals surface area (Å²) in [6.07, 6.45) is 4.42. The first-order valence-corrected chi connectivity index (χ1v) is 17.9. The molecule has 1 saturated carbocycles. The Morgan fingerprint density at radius 1 is 1.07 bits per heavy atom. The van der Waals surface area contributed by atoms with Crippen molar-refractivity contribution < 1.29 is 23.1 Å². The maximum Gasteiger partial charge on any atom is 0.304 e. The van der Waals surface area contributed by atoms with Crippen molar-refractivity contribution in [2.24, 2.45) is 5.41 Å². The zero-order valence-electron chi connectivity index (χ0n) is 25.5. The average Bonchev–Trinajstić information content (AvgIpc) is 3.73. The fourth-order valence-electron chi connectivity index (χ4n) is 7.24. The molecule has 1 aliphatic carbocycles. The molecule has 5 rings (SSSR count). The molecule has 0 bridgehead atoms. The minimum absolute atomic E-state index is 0.128. The molecule has 44 heavy (non-hydrogen) atoms. The second-order valence-electron chi connectivity index (χ2n) is 12.8. The SMILES string of the molecule is CC[C@@H](CN(C)S(=O)(=O)C1CC1)N1C(=O)[C@](CCN2CCCC2)(CC(=O)O)C[C@H](c2cccc(Cl)c2)[C@H]1c1ccc(Cl)cc1. The average molecular weight is 665 g/mol. The van der Waals surface area contributed by atoms with Gasteiger partial charge in [-0.25, -0.2) is 12.7 Å². The number of nitrogens with zero attached hydrogens (tertiary/aromatic N) is 3. The van der Waals surface area contributed by atoms with Gasteiger partial charge in [0.2, 0.25) is 15.9 Å². The summed E-state index contributed by atoms with van der Waals surface area (Å²) in [7, 11) is -1.90. The van der Waals surface area contributed by atoms with E-state index in [4.69, 9.17) is 23.2 Å². The molecule has 8 nitrogen and oxygen atoms in total. The summed E-state index contributed by atoms with van der Waals surface area (Å²) in [5.41, 5.74) is 0.605. The van der Waals surface area contributed by atoms with Gasteiger partial charge in [0.15, 0.2) is 0 Å². The van der Waals surface area contributed by atoms with Gasteiger partial charge in [-0.15, -0.1) is 0 Å². The molecule has 240 valence electrons. The summed E-state index contributed by atoms with van der Waals surface area (Å²) in [6, 6.07) is 14.0. The van der Waals surface area contributed by atoms with Gasteiger partial charge in [0.25, 0.3) is 0 Å². The lowest BCUT2D eigenvalue weighted by Gasteiger charge is -2.53. The van der Waals surface area contributed by atoms with Crippen LogP contribution in [0.1, 0.15) is 81.4 Å². The standard InChI is InChI=1S/C33H43Cl2N3O5S/c1-3-27(22-36(2)44(42,43)28-13-14-28)38-31(23-9-11-25(34)12-10-23)29(24-7-6-8-26(35)19-24)20-33(32(38)41,21-30(39)40)15-18-37-16-4-5-17-37/h6-12,19,27-29,31H,3-5,13-18,20-22H2,1-2H3,(H,39,40)/t27-,29+,31+,33-/m0/s1. The minimum atomic E-state index is -3.50. The molecule has 2 aromatic carbocycles. The Morgan fingerprint density at radius 3 is 2.34 bits per heavy atom. The second-order valence-corrected chi connectivity index (χ2v) is 16.0. The number of sulfonamides is 1. The van der Waals surface area contributed by atoms with Gasteiger partial charge in [0.1, 0.15) is 0 Å². The largest absolute Gasteiger partial charge is 0.481 e. The quantitative estimate of drug-likeness (QED) is 0.274. The summed E-state index contributed by atoms with van der Waals surface area (Å²) in [5, 5.41) is 11.0. The van der Waals surface area contributed by atoms with E-state index in [1.165, 1.54) is 4.31 Å². The fourth-order valence-corrected chi connectivity index (χ4v) is 9.19. The number of piperidine rings is 1. The number of aliphatic carboxylic acids is 1. The Bertz CT molecular complexity index is 1450. The number of carbonyl (C=O) groups is 2. The number of carboxylic acid groups (broad SMARTS) is 1. The molecule has 0 radical (unpaired) electrons.